The van der Waals surface area contributed by atoms with E-state index in [1.807, 2.05) is 30.3 Å². The van der Waals surface area contributed by atoms with Gasteiger partial charge in [0.05, 0.1) is 12.1 Å². The summed E-state index contributed by atoms with van der Waals surface area (Å²) in [5.41, 5.74) is 2.70. The molecule has 1 aliphatic rings. The number of amides is 2. The van der Waals surface area contributed by atoms with Crippen molar-refractivity contribution < 1.29 is 14.4 Å². The van der Waals surface area contributed by atoms with E-state index in [4.69, 9.17) is 0 Å². The summed E-state index contributed by atoms with van der Waals surface area (Å²) < 4.78 is 1.54. The van der Waals surface area contributed by atoms with Gasteiger partial charge in [0.15, 0.2) is 5.78 Å². The third-order valence-corrected chi connectivity index (χ3v) is 4.61. The molecule has 1 atom stereocenters. The van der Waals surface area contributed by atoms with E-state index in [0.717, 1.165) is 5.56 Å². The van der Waals surface area contributed by atoms with E-state index in [2.05, 4.69) is 15.7 Å². The number of Topliss-reactive ketones (excluding diaryl/α,β-unsaturated/α-hetero) is 1. The SMILES string of the molecule is CC(=O)c1ccc(NC(=O)[C@H]2CC(=O)Nc3cc(-c4ccccc4)nn32)cc1. The Balaban J connectivity index is 1.60. The molecule has 1 aliphatic heterocycles. The second-order valence-electron chi connectivity index (χ2n) is 6.62. The summed E-state index contributed by atoms with van der Waals surface area (Å²) in [6.07, 6.45) is 0.000270. The molecule has 3 aromatic rings. The molecule has 0 aliphatic carbocycles. The Morgan fingerprint density at radius 1 is 1.11 bits per heavy atom. The minimum absolute atomic E-state index is 0.000270. The van der Waals surface area contributed by atoms with Gasteiger partial charge in [0.25, 0.3) is 0 Å². The highest BCUT2D eigenvalue weighted by Crippen LogP contribution is 2.30. The zero-order chi connectivity index (χ0) is 19.7. The number of fused-ring (bicyclic) bond motifs is 1. The van der Waals surface area contributed by atoms with Gasteiger partial charge in [0.1, 0.15) is 11.9 Å². The van der Waals surface area contributed by atoms with Gasteiger partial charge < -0.3 is 10.6 Å². The molecular weight excluding hydrogens is 356 g/mol. The van der Waals surface area contributed by atoms with Crippen LogP contribution in [0.15, 0.2) is 60.7 Å². The number of carbonyl (C=O) groups is 3. The van der Waals surface area contributed by atoms with Crippen LogP contribution in [0.25, 0.3) is 11.3 Å². The number of rotatable bonds is 4. The van der Waals surface area contributed by atoms with Gasteiger partial charge in [0.2, 0.25) is 11.8 Å². The van der Waals surface area contributed by atoms with Crippen LogP contribution in [-0.2, 0) is 9.59 Å². The Morgan fingerprint density at radius 2 is 1.82 bits per heavy atom. The molecule has 2 heterocycles. The lowest BCUT2D eigenvalue weighted by Gasteiger charge is -2.23. The highest BCUT2D eigenvalue weighted by atomic mass is 16.2. The van der Waals surface area contributed by atoms with Crippen molar-refractivity contribution in [3.05, 3.63) is 66.2 Å². The molecule has 1 aromatic heterocycles. The Kier molecular flexibility index (Phi) is 4.49. The quantitative estimate of drug-likeness (QED) is 0.686. The third-order valence-electron chi connectivity index (χ3n) is 4.61. The Labute approximate surface area is 161 Å². The molecule has 140 valence electrons. The van der Waals surface area contributed by atoms with Crippen LogP contribution in [-0.4, -0.2) is 27.4 Å². The second-order valence-corrected chi connectivity index (χ2v) is 6.62. The van der Waals surface area contributed by atoms with E-state index in [1.54, 1.807) is 35.0 Å². The number of hydrogen-bond donors (Lipinski definition) is 2. The molecular formula is C21H18N4O3. The molecule has 28 heavy (non-hydrogen) atoms. The van der Waals surface area contributed by atoms with E-state index in [-0.39, 0.29) is 24.0 Å². The van der Waals surface area contributed by atoms with Crippen LogP contribution in [0.4, 0.5) is 11.5 Å². The first kappa shape index (κ1) is 17.7. The number of hydrogen-bond acceptors (Lipinski definition) is 4. The first-order valence-electron chi connectivity index (χ1n) is 8.88. The van der Waals surface area contributed by atoms with Crippen LogP contribution < -0.4 is 10.6 Å². The summed E-state index contributed by atoms with van der Waals surface area (Å²) in [5, 5.41) is 10.1. The van der Waals surface area contributed by atoms with Crippen LogP contribution >= 0.6 is 0 Å². The van der Waals surface area contributed by atoms with Crippen LogP contribution in [0, 0.1) is 0 Å². The zero-order valence-corrected chi connectivity index (χ0v) is 15.2. The van der Waals surface area contributed by atoms with Crippen molar-refractivity contribution in [3.8, 4) is 11.3 Å². The van der Waals surface area contributed by atoms with E-state index in [1.165, 1.54) is 6.92 Å². The summed E-state index contributed by atoms with van der Waals surface area (Å²) in [6.45, 7) is 1.48. The van der Waals surface area contributed by atoms with Gasteiger partial charge in [-0.15, -0.1) is 0 Å². The summed E-state index contributed by atoms with van der Waals surface area (Å²) in [5.74, 6) is -0.132. The van der Waals surface area contributed by atoms with Crippen molar-refractivity contribution >= 4 is 29.1 Å². The smallest absolute Gasteiger partial charge is 0.249 e. The molecule has 7 nitrogen and oxygen atoms in total. The highest BCUT2D eigenvalue weighted by Gasteiger charge is 2.32. The maximum absolute atomic E-state index is 12.8. The maximum atomic E-state index is 12.8. The topological polar surface area (TPSA) is 93.1 Å². The lowest BCUT2D eigenvalue weighted by atomic mass is 10.1. The van der Waals surface area contributed by atoms with Crippen LogP contribution in [0.3, 0.4) is 0 Å². The van der Waals surface area contributed by atoms with E-state index in [9.17, 15) is 14.4 Å². The van der Waals surface area contributed by atoms with E-state index >= 15 is 0 Å². The van der Waals surface area contributed by atoms with Crippen molar-refractivity contribution in [3.63, 3.8) is 0 Å². The largest absolute Gasteiger partial charge is 0.324 e. The number of aromatic nitrogens is 2. The Hall–Kier alpha value is -3.74. The van der Waals surface area contributed by atoms with Crippen LogP contribution in [0.2, 0.25) is 0 Å². The molecule has 0 saturated heterocycles. The van der Waals surface area contributed by atoms with Crippen molar-refractivity contribution in [1.82, 2.24) is 9.78 Å². The van der Waals surface area contributed by atoms with Gasteiger partial charge in [-0.25, -0.2) is 4.68 Å². The lowest BCUT2D eigenvalue weighted by Crippen LogP contribution is -2.35. The normalized spacial score (nSPS) is 15.5. The van der Waals surface area contributed by atoms with Crippen LogP contribution in [0.1, 0.15) is 29.7 Å². The number of carbonyl (C=O) groups excluding carboxylic acids is 3. The highest BCUT2D eigenvalue weighted by molar-refractivity contribution is 6.02. The molecule has 0 radical (unpaired) electrons. The maximum Gasteiger partial charge on any atom is 0.249 e. The van der Waals surface area contributed by atoms with Crippen LogP contribution in [0.5, 0.6) is 0 Å². The van der Waals surface area contributed by atoms with Gasteiger partial charge in [-0.05, 0) is 31.2 Å². The molecule has 2 aromatic carbocycles. The van der Waals surface area contributed by atoms with Gasteiger partial charge in [-0.1, -0.05) is 30.3 Å². The minimum Gasteiger partial charge on any atom is -0.324 e. The van der Waals surface area contributed by atoms with E-state index in [0.29, 0.717) is 22.8 Å². The standard InChI is InChI=1S/C21H18N4O3/c1-13(26)14-7-9-16(10-8-14)22-21(28)18-12-20(27)23-19-11-17(24-25(18)19)15-5-3-2-4-6-15/h2-11,18H,12H2,1H3,(H,22,28)(H,23,27)/t18-/m1/s1. The molecule has 4 rings (SSSR count). The van der Waals surface area contributed by atoms with Gasteiger partial charge >= 0.3 is 0 Å². The van der Waals surface area contributed by atoms with Gasteiger partial charge in [-0.2, -0.15) is 5.10 Å². The first-order valence-corrected chi connectivity index (χ1v) is 8.88. The third kappa shape index (κ3) is 3.42. The molecule has 0 unspecified atom stereocenters. The fraction of sp³-hybridized carbons (Fsp3) is 0.143. The number of nitrogens with zero attached hydrogens (tertiary/aromatic N) is 2. The van der Waals surface area contributed by atoms with E-state index < -0.39 is 6.04 Å². The number of nitrogens with one attached hydrogen (secondary N) is 2. The Morgan fingerprint density at radius 3 is 2.50 bits per heavy atom. The van der Waals surface area contributed by atoms with Crippen molar-refractivity contribution in [1.29, 1.82) is 0 Å². The molecule has 0 fully saturated rings. The minimum atomic E-state index is -0.756. The molecule has 0 saturated carbocycles. The number of benzene rings is 2. The fourth-order valence-electron chi connectivity index (χ4n) is 3.15. The van der Waals surface area contributed by atoms with Crippen molar-refractivity contribution in [2.75, 3.05) is 10.6 Å². The number of ketones is 1. The van der Waals surface area contributed by atoms with Gasteiger partial charge in [0, 0.05) is 22.9 Å². The number of anilines is 2. The zero-order valence-electron chi connectivity index (χ0n) is 15.2. The molecule has 2 N–H and O–H groups in total. The summed E-state index contributed by atoms with van der Waals surface area (Å²) >= 11 is 0. The molecule has 0 bridgehead atoms. The average Bonchev–Trinajstić information content (AvgIpc) is 3.12. The monoisotopic (exact) mass is 374 g/mol. The predicted molar refractivity (Wildman–Crippen MR) is 105 cm³/mol. The molecule has 7 heteroatoms. The molecule has 0 spiro atoms. The van der Waals surface area contributed by atoms with Crippen molar-refractivity contribution in [2.45, 2.75) is 19.4 Å². The second kappa shape index (κ2) is 7.11. The summed E-state index contributed by atoms with van der Waals surface area (Å²) in [7, 11) is 0. The Bertz CT molecular complexity index is 1060. The van der Waals surface area contributed by atoms with Gasteiger partial charge in [-0.3, -0.25) is 14.4 Å². The first-order chi connectivity index (χ1) is 13.5. The predicted octanol–water partition coefficient (Wildman–Crippen LogP) is 3.27. The summed E-state index contributed by atoms with van der Waals surface area (Å²) in [6, 6.07) is 17.2. The average molecular weight is 374 g/mol. The van der Waals surface area contributed by atoms with Crippen molar-refractivity contribution in [2.24, 2.45) is 0 Å². The fourth-order valence-corrected chi connectivity index (χ4v) is 3.15. The lowest BCUT2D eigenvalue weighted by molar-refractivity contribution is -0.125. The summed E-state index contributed by atoms with van der Waals surface area (Å²) in [4.78, 5) is 36.3. The molecule has 2 amide bonds.